The number of sulfonamides is 1. The lowest BCUT2D eigenvalue weighted by atomic mass is 10.1. The average molecular weight is 423 g/mol. The molecule has 2 aromatic rings. The Labute approximate surface area is 171 Å². The van der Waals surface area contributed by atoms with Gasteiger partial charge in [-0.2, -0.15) is 0 Å². The number of nitrogens with one attached hydrogen (secondary N) is 1. The van der Waals surface area contributed by atoms with Gasteiger partial charge in [0.15, 0.2) is 11.5 Å². The molecule has 2 aromatic carbocycles. The molecule has 0 unspecified atom stereocenters. The van der Waals surface area contributed by atoms with Gasteiger partial charge in [-0.05, 0) is 42.3 Å². The van der Waals surface area contributed by atoms with Crippen molar-refractivity contribution < 1.29 is 27.4 Å². The maximum atomic E-state index is 12.5. The predicted octanol–water partition coefficient (Wildman–Crippen LogP) is 2.45. The Kier molecular flexibility index (Phi) is 7.10. The Morgan fingerprint density at radius 3 is 2.07 bits per heavy atom. The quantitative estimate of drug-likeness (QED) is 0.702. The fraction of sp³-hybridized carbons (Fsp3) is 0.350. The summed E-state index contributed by atoms with van der Waals surface area (Å²) >= 11 is 0. The number of anilines is 1. The summed E-state index contributed by atoms with van der Waals surface area (Å²) in [6.07, 6.45) is 0.0420. The molecule has 0 aliphatic rings. The molecule has 9 heteroatoms. The maximum Gasteiger partial charge on any atom is 0.242 e. The van der Waals surface area contributed by atoms with E-state index < -0.39 is 10.0 Å². The number of nitrogens with zero attached hydrogens (tertiary/aromatic N) is 1. The number of hydrogen-bond donors (Lipinski definition) is 1. The summed E-state index contributed by atoms with van der Waals surface area (Å²) < 4.78 is 41.9. The van der Waals surface area contributed by atoms with Crippen LogP contribution in [0.5, 0.6) is 17.2 Å². The number of methoxy groups -OCH3 is 3. The van der Waals surface area contributed by atoms with Crippen molar-refractivity contribution in [3.05, 3.63) is 41.5 Å². The van der Waals surface area contributed by atoms with Gasteiger partial charge in [-0.1, -0.05) is 6.07 Å². The van der Waals surface area contributed by atoms with Gasteiger partial charge in [-0.3, -0.25) is 4.79 Å². The first kappa shape index (κ1) is 22.5. The second kappa shape index (κ2) is 9.15. The molecule has 1 amide bonds. The molecule has 0 heterocycles. The van der Waals surface area contributed by atoms with E-state index in [-0.39, 0.29) is 17.2 Å². The first-order valence-corrected chi connectivity index (χ1v) is 10.2. The van der Waals surface area contributed by atoms with Gasteiger partial charge in [0.25, 0.3) is 0 Å². The zero-order valence-electron chi connectivity index (χ0n) is 17.4. The molecule has 0 radical (unpaired) electrons. The van der Waals surface area contributed by atoms with Crippen LogP contribution in [0.1, 0.15) is 11.1 Å². The molecular weight excluding hydrogens is 396 g/mol. The normalized spacial score (nSPS) is 11.3. The lowest BCUT2D eigenvalue weighted by molar-refractivity contribution is -0.115. The molecule has 0 atom stereocenters. The Morgan fingerprint density at radius 1 is 1.00 bits per heavy atom. The van der Waals surface area contributed by atoms with Gasteiger partial charge < -0.3 is 19.5 Å². The summed E-state index contributed by atoms with van der Waals surface area (Å²) in [6.45, 7) is 1.71. The second-order valence-corrected chi connectivity index (χ2v) is 8.65. The summed E-state index contributed by atoms with van der Waals surface area (Å²) in [7, 11) is 3.81. The van der Waals surface area contributed by atoms with Crippen molar-refractivity contribution >= 4 is 21.6 Å². The van der Waals surface area contributed by atoms with Gasteiger partial charge in [-0.15, -0.1) is 0 Å². The molecule has 0 aliphatic heterocycles. The molecule has 0 spiro atoms. The highest BCUT2D eigenvalue weighted by Crippen LogP contribution is 2.38. The molecular formula is C20H26N2O6S. The van der Waals surface area contributed by atoms with E-state index in [1.165, 1.54) is 41.5 Å². The number of amides is 1. The average Bonchev–Trinajstić information content (AvgIpc) is 2.68. The number of carbonyl (C=O) groups excluding carboxylic acids is 1. The molecule has 0 saturated carbocycles. The molecule has 0 fully saturated rings. The number of rotatable bonds is 8. The Bertz CT molecular complexity index is 977. The van der Waals surface area contributed by atoms with E-state index in [4.69, 9.17) is 14.2 Å². The van der Waals surface area contributed by atoms with Crippen molar-refractivity contribution in [3.63, 3.8) is 0 Å². The van der Waals surface area contributed by atoms with Crippen molar-refractivity contribution in [1.82, 2.24) is 4.31 Å². The topological polar surface area (TPSA) is 94.2 Å². The third-order valence-corrected chi connectivity index (χ3v) is 6.28. The smallest absolute Gasteiger partial charge is 0.242 e. The predicted molar refractivity (Wildman–Crippen MR) is 110 cm³/mol. The van der Waals surface area contributed by atoms with Crippen LogP contribution >= 0.6 is 0 Å². The Hall–Kier alpha value is -2.78. The molecule has 0 aliphatic carbocycles. The zero-order valence-corrected chi connectivity index (χ0v) is 18.2. The van der Waals surface area contributed by atoms with Crippen LogP contribution in [0.2, 0.25) is 0 Å². The minimum atomic E-state index is -3.62. The lowest BCUT2D eigenvalue weighted by Gasteiger charge is -2.16. The van der Waals surface area contributed by atoms with Gasteiger partial charge in [0.05, 0.1) is 32.6 Å². The van der Waals surface area contributed by atoms with Gasteiger partial charge >= 0.3 is 0 Å². The first-order chi connectivity index (χ1) is 13.6. The minimum Gasteiger partial charge on any atom is -0.493 e. The second-order valence-electron chi connectivity index (χ2n) is 6.53. The molecule has 1 N–H and O–H groups in total. The molecule has 0 saturated heterocycles. The highest BCUT2D eigenvalue weighted by molar-refractivity contribution is 7.89. The molecule has 0 bridgehead atoms. The number of benzene rings is 2. The molecule has 0 aromatic heterocycles. The van der Waals surface area contributed by atoms with Crippen LogP contribution in [-0.2, 0) is 21.2 Å². The third-order valence-electron chi connectivity index (χ3n) is 4.32. The Morgan fingerprint density at radius 2 is 1.59 bits per heavy atom. The lowest BCUT2D eigenvalue weighted by Crippen LogP contribution is -2.23. The number of ether oxygens (including phenoxy) is 3. The van der Waals surface area contributed by atoms with Gasteiger partial charge in [0.1, 0.15) is 0 Å². The molecule has 2 rings (SSSR count). The zero-order chi connectivity index (χ0) is 21.8. The molecule has 8 nitrogen and oxygen atoms in total. The summed E-state index contributed by atoms with van der Waals surface area (Å²) in [4.78, 5) is 12.7. The van der Waals surface area contributed by atoms with Crippen molar-refractivity contribution in [1.29, 1.82) is 0 Å². The van der Waals surface area contributed by atoms with Crippen LogP contribution in [0.15, 0.2) is 35.2 Å². The maximum absolute atomic E-state index is 12.5. The van der Waals surface area contributed by atoms with E-state index >= 15 is 0 Å². The highest BCUT2D eigenvalue weighted by atomic mass is 32.2. The number of carbonyl (C=O) groups is 1. The van der Waals surface area contributed by atoms with E-state index in [1.807, 2.05) is 0 Å². The van der Waals surface area contributed by atoms with E-state index in [1.54, 1.807) is 31.2 Å². The van der Waals surface area contributed by atoms with Crippen LogP contribution in [-0.4, -0.2) is 54.1 Å². The Balaban J connectivity index is 2.26. The van der Waals surface area contributed by atoms with E-state index in [2.05, 4.69) is 5.32 Å². The van der Waals surface area contributed by atoms with Crippen LogP contribution in [0.25, 0.3) is 0 Å². The first-order valence-electron chi connectivity index (χ1n) is 8.76. The monoisotopic (exact) mass is 422 g/mol. The summed E-state index contributed by atoms with van der Waals surface area (Å²) in [6, 6.07) is 8.16. The van der Waals surface area contributed by atoms with Gasteiger partial charge in [-0.25, -0.2) is 12.7 Å². The van der Waals surface area contributed by atoms with Crippen LogP contribution in [0.4, 0.5) is 5.69 Å². The fourth-order valence-corrected chi connectivity index (χ4v) is 3.92. The SMILES string of the molecule is COc1cc(CC(=O)Nc2ccc(C)c(S(=O)(=O)N(C)C)c2)cc(OC)c1OC. The summed E-state index contributed by atoms with van der Waals surface area (Å²) in [5, 5.41) is 2.74. The van der Waals surface area contributed by atoms with Crippen molar-refractivity contribution in [3.8, 4) is 17.2 Å². The summed E-state index contributed by atoms with van der Waals surface area (Å²) in [5.74, 6) is 1.03. The molecule has 158 valence electrons. The van der Waals surface area contributed by atoms with E-state index in [0.717, 1.165) is 4.31 Å². The largest absolute Gasteiger partial charge is 0.493 e. The molecule has 29 heavy (non-hydrogen) atoms. The van der Waals surface area contributed by atoms with Gasteiger partial charge in [0, 0.05) is 19.8 Å². The van der Waals surface area contributed by atoms with Crippen molar-refractivity contribution in [2.45, 2.75) is 18.2 Å². The van der Waals surface area contributed by atoms with Crippen LogP contribution in [0.3, 0.4) is 0 Å². The number of aryl methyl sites for hydroxylation is 1. The van der Waals surface area contributed by atoms with E-state index in [0.29, 0.717) is 34.1 Å². The minimum absolute atomic E-state index is 0.0420. The van der Waals surface area contributed by atoms with Crippen LogP contribution in [0, 0.1) is 6.92 Å². The standard InChI is InChI=1S/C20H26N2O6S/c1-13-7-8-15(12-18(13)29(24,25)22(2)3)21-19(23)11-14-9-16(26-4)20(28-6)17(10-14)27-5/h7-10,12H,11H2,1-6H3,(H,21,23). The summed E-state index contributed by atoms with van der Waals surface area (Å²) in [5.41, 5.74) is 1.65. The van der Waals surface area contributed by atoms with Crippen LogP contribution < -0.4 is 19.5 Å². The van der Waals surface area contributed by atoms with Crippen molar-refractivity contribution in [2.75, 3.05) is 40.7 Å². The van der Waals surface area contributed by atoms with Gasteiger partial charge in [0.2, 0.25) is 21.7 Å². The fourth-order valence-electron chi connectivity index (χ4n) is 2.78. The third kappa shape index (κ3) is 4.99. The van der Waals surface area contributed by atoms with E-state index in [9.17, 15) is 13.2 Å². The van der Waals surface area contributed by atoms with Crippen molar-refractivity contribution in [2.24, 2.45) is 0 Å². The number of hydrogen-bond acceptors (Lipinski definition) is 6. The highest BCUT2D eigenvalue weighted by Gasteiger charge is 2.21.